The number of rotatable bonds is 23. The fraction of sp³-hybridized carbons (Fsp3) is 0.852. The van der Waals surface area contributed by atoms with Crippen molar-refractivity contribution in [2.24, 2.45) is 11.8 Å². The van der Waals surface area contributed by atoms with Crippen molar-refractivity contribution in [3.8, 4) is 0 Å². The van der Waals surface area contributed by atoms with Gasteiger partial charge in [-0.05, 0) is 18.8 Å². The topological polar surface area (TPSA) is 138 Å². The van der Waals surface area contributed by atoms with Crippen molar-refractivity contribution in [2.45, 2.75) is 136 Å². The average molecular weight is 501 g/mol. The van der Waals surface area contributed by atoms with Crippen LogP contribution in [0.2, 0.25) is 0 Å². The number of carbonyl (C=O) groups excluding carboxylic acids is 1. The molecule has 3 N–H and O–H groups in total. The summed E-state index contributed by atoms with van der Waals surface area (Å²) >= 11 is 0. The molecule has 0 aromatic carbocycles. The van der Waals surface area contributed by atoms with E-state index in [1.54, 1.807) is 0 Å². The molecule has 0 radical (unpaired) electrons. The fourth-order valence-electron chi connectivity index (χ4n) is 4.37. The van der Waals surface area contributed by atoms with Crippen LogP contribution in [-0.4, -0.2) is 44.8 Å². The number of carboxylic acids is 3. The predicted octanol–water partition coefficient (Wildman–Crippen LogP) is 6.45. The van der Waals surface area contributed by atoms with Crippen LogP contribution in [0.25, 0.3) is 0 Å². The molecule has 0 amide bonds. The number of unbranched alkanes of at least 4 members (excludes halogenated alkanes) is 11. The minimum absolute atomic E-state index is 0.0625. The summed E-state index contributed by atoms with van der Waals surface area (Å²) in [6.45, 7) is 6.42. The quantitative estimate of drug-likeness (QED) is 0.107. The van der Waals surface area contributed by atoms with Crippen LogP contribution in [0.3, 0.4) is 0 Å². The molecule has 0 fully saturated rings. The van der Waals surface area contributed by atoms with E-state index in [2.05, 4.69) is 13.8 Å². The third-order valence-electron chi connectivity index (χ3n) is 6.44. The van der Waals surface area contributed by atoms with Gasteiger partial charge in [0.2, 0.25) is 5.60 Å². The lowest BCUT2D eigenvalue weighted by atomic mass is 9.80. The van der Waals surface area contributed by atoms with Crippen LogP contribution >= 0.6 is 0 Å². The number of hydrogen-bond acceptors (Lipinski definition) is 5. The molecule has 0 rings (SSSR count). The molecule has 8 nitrogen and oxygen atoms in total. The molecule has 0 aliphatic rings. The number of ether oxygens (including phenoxy) is 1. The standard InChI is InChI=1S/C27H48O8/c1-4-5-14-19-24(30)35-27(26(33)34,20-23(28)29)22(25(31)32)18-16-13-11-9-7-6-8-10-12-15-17-21(2)3/h21-22H,4-20H2,1-3H3,(H,28,29)(H,31,32)(H,33,34). The van der Waals surface area contributed by atoms with Gasteiger partial charge in [0, 0.05) is 6.42 Å². The Labute approximate surface area is 210 Å². The second-order valence-electron chi connectivity index (χ2n) is 10.1. The molecular formula is C27H48O8. The van der Waals surface area contributed by atoms with E-state index in [4.69, 9.17) is 4.74 Å². The maximum Gasteiger partial charge on any atom is 0.349 e. The Kier molecular flexibility index (Phi) is 18.0. The second-order valence-corrected chi connectivity index (χ2v) is 10.1. The SMILES string of the molecule is CCCCCC(=O)OC(CC(=O)O)(C(=O)O)C(CCCCCCCCCCCCC(C)C)C(=O)O. The maximum absolute atomic E-state index is 12.3. The number of carboxylic acid groups (broad SMARTS) is 3. The molecule has 0 saturated heterocycles. The molecule has 0 aromatic heterocycles. The largest absolute Gasteiger partial charge is 0.481 e. The van der Waals surface area contributed by atoms with E-state index < -0.39 is 41.8 Å². The van der Waals surface area contributed by atoms with Crippen molar-refractivity contribution in [3.05, 3.63) is 0 Å². The van der Waals surface area contributed by atoms with Crippen molar-refractivity contribution in [2.75, 3.05) is 0 Å². The van der Waals surface area contributed by atoms with Crippen molar-refractivity contribution in [3.63, 3.8) is 0 Å². The number of hydrogen-bond donors (Lipinski definition) is 3. The maximum atomic E-state index is 12.3. The summed E-state index contributed by atoms with van der Waals surface area (Å²) in [5.41, 5.74) is -2.61. The molecule has 0 aliphatic carbocycles. The average Bonchev–Trinajstić information content (AvgIpc) is 2.75. The minimum Gasteiger partial charge on any atom is -0.481 e. The third kappa shape index (κ3) is 14.8. The van der Waals surface area contributed by atoms with Gasteiger partial charge in [-0.25, -0.2) is 4.79 Å². The van der Waals surface area contributed by atoms with Gasteiger partial charge in [0.25, 0.3) is 0 Å². The fourth-order valence-corrected chi connectivity index (χ4v) is 4.37. The van der Waals surface area contributed by atoms with Gasteiger partial charge in [0.15, 0.2) is 0 Å². The van der Waals surface area contributed by atoms with E-state index in [0.717, 1.165) is 38.0 Å². The van der Waals surface area contributed by atoms with Gasteiger partial charge in [0.05, 0.1) is 6.42 Å². The van der Waals surface area contributed by atoms with Crippen LogP contribution in [0, 0.1) is 11.8 Å². The Morgan fingerprint density at radius 3 is 1.60 bits per heavy atom. The summed E-state index contributed by atoms with van der Waals surface area (Å²) in [5.74, 6) is -6.46. The third-order valence-corrected chi connectivity index (χ3v) is 6.44. The van der Waals surface area contributed by atoms with E-state index in [9.17, 15) is 34.5 Å². The van der Waals surface area contributed by atoms with Gasteiger partial charge in [0.1, 0.15) is 5.92 Å². The summed E-state index contributed by atoms with van der Waals surface area (Å²) in [5, 5.41) is 28.8. The molecule has 0 spiro atoms. The predicted molar refractivity (Wildman–Crippen MR) is 134 cm³/mol. The highest BCUT2D eigenvalue weighted by molar-refractivity contribution is 5.92. The van der Waals surface area contributed by atoms with Crippen LogP contribution in [0.1, 0.15) is 130 Å². The first-order valence-corrected chi connectivity index (χ1v) is 13.5. The van der Waals surface area contributed by atoms with Crippen molar-refractivity contribution in [1.82, 2.24) is 0 Å². The van der Waals surface area contributed by atoms with E-state index in [1.165, 1.54) is 38.5 Å². The number of carbonyl (C=O) groups is 4. The molecule has 35 heavy (non-hydrogen) atoms. The first kappa shape index (κ1) is 32.9. The minimum atomic E-state index is -2.61. The number of esters is 1. The first-order valence-electron chi connectivity index (χ1n) is 13.5. The molecule has 0 heterocycles. The monoisotopic (exact) mass is 500 g/mol. The van der Waals surface area contributed by atoms with Gasteiger partial charge < -0.3 is 20.1 Å². The summed E-state index contributed by atoms with van der Waals surface area (Å²) in [6.07, 6.45) is 12.5. The van der Waals surface area contributed by atoms with Crippen molar-refractivity contribution < 1.29 is 39.2 Å². The van der Waals surface area contributed by atoms with Gasteiger partial charge in [-0.1, -0.05) is 104 Å². The van der Waals surface area contributed by atoms with Crippen LogP contribution in [0.4, 0.5) is 0 Å². The summed E-state index contributed by atoms with van der Waals surface area (Å²) in [4.78, 5) is 47.8. The van der Waals surface area contributed by atoms with Gasteiger partial charge >= 0.3 is 23.9 Å². The highest BCUT2D eigenvalue weighted by Crippen LogP contribution is 2.33. The zero-order chi connectivity index (χ0) is 26.7. The van der Waals surface area contributed by atoms with E-state index in [1.807, 2.05) is 6.92 Å². The Bertz CT molecular complexity index is 631. The van der Waals surface area contributed by atoms with Gasteiger partial charge in [-0.2, -0.15) is 0 Å². The molecule has 0 aliphatic heterocycles. The Morgan fingerprint density at radius 1 is 0.714 bits per heavy atom. The second kappa shape index (κ2) is 19.1. The summed E-state index contributed by atoms with van der Waals surface area (Å²) < 4.78 is 5.14. The Balaban J connectivity index is 4.71. The zero-order valence-corrected chi connectivity index (χ0v) is 22.1. The lowest BCUT2D eigenvalue weighted by Gasteiger charge is -2.33. The highest BCUT2D eigenvalue weighted by Gasteiger charge is 2.54. The van der Waals surface area contributed by atoms with Gasteiger partial charge in [-0.3, -0.25) is 14.4 Å². The van der Waals surface area contributed by atoms with E-state index >= 15 is 0 Å². The van der Waals surface area contributed by atoms with Crippen molar-refractivity contribution >= 4 is 23.9 Å². The summed E-state index contributed by atoms with van der Waals surface area (Å²) in [6, 6.07) is 0. The molecule has 0 bridgehead atoms. The van der Waals surface area contributed by atoms with Gasteiger partial charge in [-0.15, -0.1) is 0 Å². The zero-order valence-electron chi connectivity index (χ0n) is 22.1. The van der Waals surface area contributed by atoms with E-state index in [-0.39, 0.29) is 12.8 Å². The highest BCUT2D eigenvalue weighted by atomic mass is 16.6. The van der Waals surface area contributed by atoms with Crippen LogP contribution in [0.5, 0.6) is 0 Å². The van der Waals surface area contributed by atoms with E-state index in [0.29, 0.717) is 19.3 Å². The lowest BCUT2D eigenvalue weighted by molar-refractivity contribution is -0.195. The molecule has 2 atom stereocenters. The first-order chi connectivity index (χ1) is 16.6. The Morgan fingerprint density at radius 2 is 1.20 bits per heavy atom. The van der Waals surface area contributed by atoms with Crippen LogP contribution in [-0.2, 0) is 23.9 Å². The molecule has 0 saturated carbocycles. The number of aliphatic carboxylic acids is 3. The Hall–Kier alpha value is -2.12. The molecule has 0 aromatic rings. The lowest BCUT2D eigenvalue weighted by Crippen LogP contribution is -2.54. The van der Waals surface area contributed by atoms with Crippen LogP contribution in [0.15, 0.2) is 0 Å². The molecular weight excluding hydrogens is 452 g/mol. The summed E-state index contributed by atoms with van der Waals surface area (Å²) in [7, 11) is 0. The van der Waals surface area contributed by atoms with Crippen LogP contribution < -0.4 is 0 Å². The normalized spacial score (nSPS) is 13.8. The van der Waals surface area contributed by atoms with Crippen molar-refractivity contribution in [1.29, 1.82) is 0 Å². The molecule has 8 heteroatoms. The smallest absolute Gasteiger partial charge is 0.349 e. The molecule has 2 unspecified atom stereocenters. The molecule has 204 valence electrons.